The maximum Gasteiger partial charge on any atom is 0.255 e. The van der Waals surface area contributed by atoms with Crippen molar-refractivity contribution in [2.45, 2.75) is 44.6 Å². The molecule has 0 saturated carbocycles. The van der Waals surface area contributed by atoms with E-state index in [9.17, 15) is 23.6 Å². The second-order valence-corrected chi connectivity index (χ2v) is 16.6. The van der Waals surface area contributed by atoms with Gasteiger partial charge < -0.3 is 30.5 Å². The standard InChI is InChI=1S/C46H45FN12O5/c1-64-37-11-7-31(47)19-35(37)44(61)50-20-27-2-5-29(6-3-27)41-40-42(48)51-26-52-43(40)59(54-41)33-24-57(25-33)38-12-4-28(21-49-38)22-55-14-16-56(17-15-55)32-8-9-34-30(18-32)23-58(46(34)63)36-10-13-39(60)53-45(36)62/h2-9,11-12,18-19,21,26,33,36H,10,13-17,20,22-25H2,1H3,(H,50,61)(H2,48,51,52)(H,53,60,62)/t36-/m0/s1. The molecule has 0 unspecified atom stereocenters. The molecule has 18 heteroatoms. The van der Waals surface area contributed by atoms with Crippen LogP contribution in [-0.4, -0.2) is 111 Å². The number of nitrogens with zero attached hydrogens (tertiary/aromatic N) is 9. The van der Waals surface area contributed by atoms with E-state index in [1.807, 2.05) is 47.3 Å². The third-order valence-electron chi connectivity index (χ3n) is 12.6. The molecular weight excluding hydrogens is 820 g/mol. The summed E-state index contributed by atoms with van der Waals surface area (Å²) < 4.78 is 21.0. The van der Waals surface area contributed by atoms with E-state index in [4.69, 9.17) is 20.6 Å². The summed E-state index contributed by atoms with van der Waals surface area (Å²) in [6, 6.07) is 21.0. The summed E-state index contributed by atoms with van der Waals surface area (Å²) >= 11 is 0. The van der Waals surface area contributed by atoms with E-state index in [-0.39, 0.29) is 36.4 Å². The van der Waals surface area contributed by atoms with E-state index in [1.165, 1.54) is 25.6 Å². The molecule has 1 atom stereocenters. The fourth-order valence-corrected chi connectivity index (χ4v) is 9.04. The molecule has 4 aliphatic rings. The van der Waals surface area contributed by atoms with E-state index >= 15 is 0 Å². The number of carbonyl (C=O) groups excluding carboxylic acids is 4. The zero-order chi connectivity index (χ0) is 44.1. The quantitative estimate of drug-likeness (QED) is 0.160. The minimum atomic E-state index is -0.625. The number of hydrogen-bond acceptors (Lipinski definition) is 13. The third kappa shape index (κ3) is 7.69. The van der Waals surface area contributed by atoms with Crippen LogP contribution in [0.15, 0.2) is 85.3 Å². The number of hydrogen-bond donors (Lipinski definition) is 3. The van der Waals surface area contributed by atoms with Crippen molar-refractivity contribution in [3.05, 3.63) is 119 Å². The van der Waals surface area contributed by atoms with Crippen LogP contribution in [0, 0.1) is 5.82 Å². The number of rotatable bonds is 11. The fourth-order valence-electron chi connectivity index (χ4n) is 9.04. The molecular formula is C46H45FN12O5. The molecule has 3 aromatic heterocycles. The first-order valence-electron chi connectivity index (χ1n) is 21.2. The molecule has 17 nitrogen and oxygen atoms in total. The van der Waals surface area contributed by atoms with Crippen molar-refractivity contribution in [3.8, 4) is 17.0 Å². The smallest absolute Gasteiger partial charge is 0.255 e. The highest BCUT2D eigenvalue weighted by Gasteiger charge is 2.39. The van der Waals surface area contributed by atoms with Crippen LogP contribution in [0.2, 0.25) is 0 Å². The van der Waals surface area contributed by atoms with Gasteiger partial charge in [0, 0.05) is 88.3 Å². The van der Waals surface area contributed by atoms with Crippen LogP contribution in [0.4, 0.5) is 21.7 Å². The normalized spacial score (nSPS) is 18.0. The lowest BCUT2D eigenvalue weighted by molar-refractivity contribution is -0.136. The molecule has 0 aliphatic carbocycles. The number of carbonyl (C=O) groups is 4. The van der Waals surface area contributed by atoms with Crippen LogP contribution < -0.4 is 30.9 Å². The van der Waals surface area contributed by atoms with Crippen molar-refractivity contribution < 1.29 is 28.3 Å². The second-order valence-electron chi connectivity index (χ2n) is 16.6. The number of piperazine rings is 1. The number of ether oxygens (including phenoxy) is 1. The molecule has 64 heavy (non-hydrogen) atoms. The first kappa shape index (κ1) is 40.6. The van der Waals surface area contributed by atoms with Crippen LogP contribution in [0.1, 0.15) is 56.3 Å². The lowest BCUT2D eigenvalue weighted by Gasteiger charge is -2.40. The number of imide groups is 1. The van der Waals surface area contributed by atoms with Crippen LogP contribution in [0.5, 0.6) is 5.75 Å². The number of anilines is 3. The summed E-state index contributed by atoms with van der Waals surface area (Å²) in [6.07, 6.45) is 3.98. The number of benzene rings is 3. The zero-order valence-electron chi connectivity index (χ0n) is 35.0. The molecule has 0 spiro atoms. The van der Waals surface area contributed by atoms with Crippen molar-refractivity contribution in [1.29, 1.82) is 0 Å². The Morgan fingerprint density at radius 2 is 1.72 bits per heavy atom. The molecule has 3 fully saturated rings. The number of methoxy groups -OCH3 is 1. The molecule has 6 aromatic rings. The first-order valence-corrected chi connectivity index (χ1v) is 21.2. The Morgan fingerprint density at radius 3 is 2.47 bits per heavy atom. The highest BCUT2D eigenvalue weighted by molar-refractivity contribution is 6.05. The highest BCUT2D eigenvalue weighted by atomic mass is 19.1. The Kier molecular flexibility index (Phi) is 10.6. The fraction of sp³-hybridized carbons (Fsp3) is 0.304. The van der Waals surface area contributed by atoms with Gasteiger partial charge in [-0.15, -0.1) is 0 Å². The van der Waals surface area contributed by atoms with Gasteiger partial charge in [0.15, 0.2) is 5.65 Å². The maximum absolute atomic E-state index is 13.8. The van der Waals surface area contributed by atoms with E-state index in [0.717, 1.165) is 72.5 Å². The van der Waals surface area contributed by atoms with Crippen molar-refractivity contribution >= 4 is 52.0 Å². The summed E-state index contributed by atoms with van der Waals surface area (Å²) in [5, 5.41) is 10.9. The molecule has 10 rings (SSSR count). The van der Waals surface area contributed by atoms with Crippen LogP contribution in [-0.2, 0) is 29.2 Å². The van der Waals surface area contributed by atoms with Crippen LogP contribution >= 0.6 is 0 Å². The van der Waals surface area contributed by atoms with E-state index in [0.29, 0.717) is 59.9 Å². The number of nitrogen functional groups attached to an aromatic ring is 1. The lowest BCUT2D eigenvalue weighted by atomic mass is 10.0. The van der Waals surface area contributed by atoms with Gasteiger partial charge in [0.2, 0.25) is 11.8 Å². The number of amides is 4. The van der Waals surface area contributed by atoms with Gasteiger partial charge in [0.1, 0.15) is 41.3 Å². The average Bonchev–Trinajstić information content (AvgIpc) is 3.84. The van der Waals surface area contributed by atoms with Gasteiger partial charge in [-0.3, -0.25) is 29.4 Å². The van der Waals surface area contributed by atoms with Crippen molar-refractivity contribution in [2.75, 3.05) is 61.9 Å². The summed E-state index contributed by atoms with van der Waals surface area (Å²) in [4.78, 5) is 72.3. The summed E-state index contributed by atoms with van der Waals surface area (Å²) in [7, 11) is 1.43. The monoisotopic (exact) mass is 864 g/mol. The van der Waals surface area contributed by atoms with Gasteiger partial charge in [-0.2, -0.15) is 5.10 Å². The van der Waals surface area contributed by atoms with Crippen molar-refractivity contribution in [3.63, 3.8) is 0 Å². The van der Waals surface area contributed by atoms with Gasteiger partial charge >= 0.3 is 0 Å². The Hall–Kier alpha value is -7.47. The molecule has 0 bridgehead atoms. The summed E-state index contributed by atoms with van der Waals surface area (Å²) in [6.45, 7) is 6.17. The maximum atomic E-state index is 13.8. The number of aromatic nitrogens is 5. The van der Waals surface area contributed by atoms with Gasteiger partial charge in [0.25, 0.3) is 11.8 Å². The number of nitrogens with one attached hydrogen (secondary N) is 2. The molecule has 4 aliphatic heterocycles. The number of piperidine rings is 1. The van der Waals surface area contributed by atoms with Crippen molar-refractivity contribution in [1.82, 2.24) is 45.2 Å². The summed E-state index contributed by atoms with van der Waals surface area (Å²) in [5.74, 6) is -0.309. The Labute approximate surface area is 367 Å². The molecule has 3 aromatic carbocycles. The minimum Gasteiger partial charge on any atom is -0.496 e. The van der Waals surface area contributed by atoms with Gasteiger partial charge in [-0.25, -0.2) is 24.0 Å². The van der Waals surface area contributed by atoms with Gasteiger partial charge in [-0.1, -0.05) is 30.3 Å². The Morgan fingerprint density at radius 1 is 0.922 bits per heavy atom. The molecule has 3 saturated heterocycles. The average molecular weight is 865 g/mol. The van der Waals surface area contributed by atoms with E-state index < -0.39 is 23.7 Å². The van der Waals surface area contributed by atoms with Crippen LogP contribution in [0.3, 0.4) is 0 Å². The molecule has 4 N–H and O–H groups in total. The topological polar surface area (TPSA) is 197 Å². The van der Waals surface area contributed by atoms with E-state index in [1.54, 1.807) is 4.90 Å². The molecule has 4 amide bonds. The number of halogens is 1. The second kappa shape index (κ2) is 16.7. The first-order chi connectivity index (χ1) is 31.1. The van der Waals surface area contributed by atoms with Gasteiger partial charge in [0.05, 0.1) is 24.1 Å². The number of pyridine rings is 1. The highest BCUT2D eigenvalue weighted by Crippen LogP contribution is 2.36. The van der Waals surface area contributed by atoms with Crippen molar-refractivity contribution in [2.24, 2.45) is 0 Å². The SMILES string of the molecule is COc1ccc(F)cc1C(=O)NCc1ccc(-c2nn(C3CN(c4ccc(CN5CCN(c6ccc7c(c6)CN([C@H]6CCC(=O)NC6=O)C7=O)CC5)cn4)C3)c3ncnc(N)c23)cc1. The number of fused-ring (bicyclic) bond motifs is 2. The number of nitrogens with two attached hydrogens (primary N) is 1. The predicted octanol–water partition coefficient (Wildman–Crippen LogP) is 3.69. The molecule has 326 valence electrons. The lowest BCUT2D eigenvalue weighted by Crippen LogP contribution is -2.52. The Balaban J connectivity index is 0.730. The molecule has 0 radical (unpaired) electrons. The summed E-state index contributed by atoms with van der Waals surface area (Å²) in [5.41, 5.74) is 13.2. The third-order valence-corrected chi connectivity index (χ3v) is 12.6. The minimum absolute atomic E-state index is 0.0352. The van der Waals surface area contributed by atoms with Crippen LogP contribution in [0.25, 0.3) is 22.3 Å². The largest absolute Gasteiger partial charge is 0.496 e. The zero-order valence-corrected chi connectivity index (χ0v) is 35.0. The molecule has 7 heterocycles. The van der Waals surface area contributed by atoms with Gasteiger partial charge in [-0.05, 0) is 65.6 Å². The Bertz CT molecular complexity index is 2800. The predicted molar refractivity (Wildman–Crippen MR) is 235 cm³/mol. The van der Waals surface area contributed by atoms with E-state index in [2.05, 4.69) is 53.5 Å².